The highest BCUT2D eigenvalue weighted by atomic mass is 16.6. The number of carbonyl (C=O) groups is 2. The Kier molecular flexibility index (Phi) is 8.13. The fraction of sp³-hybridized carbons (Fsp3) is 0.879. The minimum atomic E-state index is -0.524. The lowest BCUT2D eigenvalue weighted by Crippen LogP contribution is -2.52. The Balaban J connectivity index is 1.40. The van der Waals surface area contributed by atoms with E-state index in [2.05, 4.69) is 40.7 Å². The van der Waals surface area contributed by atoms with Gasteiger partial charge in [0.1, 0.15) is 11.4 Å². The van der Waals surface area contributed by atoms with Crippen molar-refractivity contribution in [1.82, 2.24) is 0 Å². The van der Waals surface area contributed by atoms with E-state index in [1.54, 1.807) is 5.57 Å². The van der Waals surface area contributed by atoms with Crippen LogP contribution in [0.2, 0.25) is 0 Å². The van der Waals surface area contributed by atoms with Crippen LogP contribution in [0.1, 0.15) is 132 Å². The number of hydrogen-bond acceptors (Lipinski definition) is 4. The quantitative estimate of drug-likeness (QED) is 0.252. The fourth-order valence-electron chi connectivity index (χ4n) is 9.42. The maximum Gasteiger partial charge on any atom is 0.306 e. The summed E-state index contributed by atoms with van der Waals surface area (Å²) in [5.74, 6) is 3.52. The van der Waals surface area contributed by atoms with E-state index in [9.17, 15) is 14.7 Å². The number of aliphatic hydroxyl groups is 1. The molecule has 3 fully saturated rings. The molecule has 4 nitrogen and oxygen atoms in total. The number of Topliss-reactive ketones (excluding diaryl/α,β-unsaturated/α-hetero) is 1. The van der Waals surface area contributed by atoms with E-state index >= 15 is 0 Å². The average molecular weight is 515 g/mol. The Labute approximate surface area is 226 Å². The van der Waals surface area contributed by atoms with Crippen LogP contribution in [0, 0.1) is 40.4 Å². The van der Waals surface area contributed by atoms with Crippen molar-refractivity contribution in [2.45, 2.75) is 143 Å². The predicted octanol–water partition coefficient (Wildman–Crippen LogP) is 7.81. The molecule has 0 unspecified atom stereocenters. The Bertz CT molecular complexity index is 904. The molecule has 0 aromatic heterocycles. The van der Waals surface area contributed by atoms with Crippen molar-refractivity contribution in [2.24, 2.45) is 40.4 Å². The van der Waals surface area contributed by atoms with Gasteiger partial charge >= 0.3 is 5.97 Å². The van der Waals surface area contributed by atoms with Gasteiger partial charge in [-0.1, -0.05) is 39.3 Å². The fourth-order valence-corrected chi connectivity index (χ4v) is 9.42. The lowest BCUT2D eigenvalue weighted by molar-refractivity contribution is -0.160. The van der Waals surface area contributed by atoms with Crippen LogP contribution < -0.4 is 0 Å². The summed E-state index contributed by atoms with van der Waals surface area (Å²) in [4.78, 5) is 23.6. The number of fused-ring (bicyclic) bond motifs is 5. The lowest BCUT2D eigenvalue weighted by atomic mass is 9.46. The predicted molar refractivity (Wildman–Crippen MR) is 149 cm³/mol. The standard InChI is InChI=1S/C33H54O4/c1-8-31(5,37-29(35)14-9-23(3)34)17-15-22(2)26-12-13-27-25-11-10-24-21-30(4,36)19-20-32(24,6)28(25)16-18-33(26,27)7/h10,22,25-28,36H,8-9,11-21H2,1-7H3/t22-,25+,26-,27+,28+,30+,31+,32+,33-/m1/s1. The number of carbonyl (C=O) groups excluding carboxylic acids is 2. The minimum absolute atomic E-state index is 0.0385. The third-order valence-corrected chi connectivity index (χ3v) is 12.1. The summed E-state index contributed by atoms with van der Waals surface area (Å²) in [6.07, 6.45) is 15.3. The van der Waals surface area contributed by atoms with Crippen LogP contribution in [0.15, 0.2) is 11.6 Å². The van der Waals surface area contributed by atoms with Gasteiger partial charge in [0.25, 0.3) is 0 Å². The van der Waals surface area contributed by atoms with Crippen molar-refractivity contribution in [1.29, 1.82) is 0 Å². The molecule has 0 spiro atoms. The molecule has 4 heteroatoms. The monoisotopic (exact) mass is 514 g/mol. The SMILES string of the molecule is CC[C@@](C)(CC[C@@H](C)[C@H]1CC[C@H]2[C@@H]3CC=C4C[C@@](C)(O)CC[C@]4(C)[C@H]3CC[C@]12C)OC(=O)CCC(C)=O. The van der Waals surface area contributed by atoms with Crippen LogP contribution >= 0.6 is 0 Å². The maximum absolute atomic E-state index is 12.4. The molecule has 0 bridgehead atoms. The summed E-state index contributed by atoms with van der Waals surface area (Å²) in [6, 6.07) is 0. The van der Waals surface area contributed by atoms with Gasteiger partial charge in [0.2, 0.25) is 0 Å². The highest BCUT2D eigenvalue weighted by molar-refractivity contribution is 5.81. The topological polar surface area (TPSA) is 63.6 Å². The van der Waals surface area contributed by atoms with Gasteiger partial charge in [0, 0.05) is 6.42 Å². The van der Waals surface area contributed by atoms with Gasteiger partial charge in [-0.2, -0.15) is 0 Å². The first-order chi connectivity index (χ1) is 17.2. The second-order valence-corrected chi connectivity index (χ2v) is 14.7. The van der Waals surface area contributed by atoms with E-state index in [0.29, 0.717) is 11.3 Å². The zero-order valence-corrected chi connectivity index (χ0v) is 24.8. The smallest absolute Gasteiger partial charge is 0.306 e. The molecule has 0 amide bonds. The van der Waals surface area contributed by atoms with Gasteiger partial charge in [-0.05, 0) is 132 Å². The Hall–Kier alpha value is -1.16. The number of allylic oxidation sites excluding steroid dienone is 1. The van der Waals surface area contributed by atoms with Crippen molar-refractivity contribution in [2.75, 3.05) is 0 Å². The highest BCUT2D eigenvalue weighted by Gasteiger charge is 2.59. The number of esters is 1. The molecule has 37 heavy (non-hydrogen) atoms. The van der Waals surface area contributed by atoms with Crippen molar-refractivity contribution in [3.05, 3.63) is 11.6 Å². The molecule has 4 aliphatic carbocycles. The van der Waals surface area contributed by atoms with Crippen molar-refractivity contribution in [3.8, 4) is 0 Å². The van der Waals surface area contributed by atoms with Crippen LogP contribution in [0.5, 0.6) is 0 Å². The van der Waals surface area contributed by atoms with Gasteiger partial charge in [-0.15, -0.1) is 0 Å². The Morgan fingerprint density at radius 2 is 1.84 bits per heavy atom. The maximum atomic E-state index is 12.4. The van der Waals surface area contributed by atoms with Gasteiger partial charge < -0.3 is 14.6 Å². The average Bonchev–Trinajstić information content (AvgIpc) is 3.19. The molecule has 3 saturated carbocycles. The highest BCUT2D eigenvalue weighted by Crippen LogP contribution is 2.67. The summed E-state index contributed by atoms with van der Waals surface area (Å²) in [7, 11) is 0. The molecular formula is C33H54O4. The van der Waals surface area contributed by atoms with Crippen LogP contribution in [-0.2, 0) is 14.3 Å². The summed E-state index contributed by atoms with van der Waals surface area (Å²) in [5.41, 5.74) is 1.27. The molecule has 9 atom stereocenters. The molecule has 0 saturated heterocycles. The molecule has 4 rings (SSSR count). The summed E-state index contributed by atoms with van der Waals surface area (Å²) in [6.45, 7) is 15.3. The molecule has 0 aromatic rings. The summed E-state index contributed by atoms with van der Waals surface area (Å²) in [5, 5.41) is 10.8. The molecule has 0 radical (unpaired) electrons. The zero-order valence-electron chi connectivity index (χ0n) is 24.8. The second kappa shape index (κ2) is 10.4. The van der Waals surface area contributed by atoms with Gasteiger partial charge in [0.15, 0.2) is 0 Å². The van der Waals surface area contributed by atoms with Crippen LogP contribution in [0.25, 0.3) is 0 Å². The van der Waals surface area contributed by atoms with Gasteiger partial charge in [0.05, 0.1) is 12.0 Å². The Morgan fingerprint density at radius 1 is 1.11 bits per heavy atom. The Morgan fingerprint density at radius 3 is 2.51 bits per heavy atom. The molecule has 210 valence electrons. The van der Waals surface area contributed by atoms with Crippen LogP contribution in [0.4, 0.5) is 0 Å². The van der Waals surface area contributed by atoms with Crippen molar-refractivity contribution < 1.29 is 19.4 Å². The number of ether oxygens (including phenoxy) is 1. The van der Waals surface area contributed by atoms with E-state index in [0.717, 1.165) is 62.2 Å². The van der Waals surface area contributed by atoms with Crippen molar-refractivity contribution in [3.63, 3.8) is 0 Å². The molecular weight excluding hydrogens is 460 g/mol. The lowest BCUT2D eigenvalue weighted by Gasteiger charge is -2.59. The van der Waals surface area contributed by atoms with Crippen LogP contribution in [0.3, 0.4) is 0 Å². The number of hydrogen-bond donors (Lipinski definition) is 1. The van der Waals surface area contributed by atoms with Gasteiger partial charge in [-0.3, -0.25) is 4.79 Å². The molecule has 0 aliphatic heterocycles. The molecule has 0 aromatic carbocycles. The largest absolute Gasteiger partial charge is 0.459 e. The third kappa shape index (κ3) is 5.61. The van der Waals surface area contributed by atoms with E-state index < -0.39 is 11.2 Å². The first-order valence-corrected chi connectivity index (χ1v) is 15.4. The summed E-state index contributed by atoms with van der Waals surface area (Å²) >= 11 is 0. The van der Waals surface area contributed by atoms with Crippen LogP contribution in [-0.4, -0.2) is 28.1 Å². The van der Waals surface area contributed by atoms with E-state index in [-0.39, 0.29) is 30.0 Å². The summed E-state index contributed by atoms with van der Waals surface area (Å²) < 4.78 is 5.91. The van der Waals surface area contributed by atoms with Gasteiger partial charge in [-0.25, -0.2) is 0 Å². The van der Waals surface area contributed by atoms with Crippen molar-refractivity contribution >= 4 is 11.8 Å². The number of rotatable bonds is 9. The van der Waals surface area contributed by atoms with E-state index in [4.69, 9.17) is 4.74 Å². The number of ketones is 1. The first kappa shape index (κ1) is 28.8. The normalized spacial score (nSPS) is 41.5. The molecule has 4 aliphatic rings. The molecule has 1 N–H and O–H groups in total. The minimum Gasteiger partial charge on any atom is -0.459 e. The van der Waals surface area contributed by atoms with E-state index in [1.807, 2.05) is 6.92 Å². The first-order valence-electron chi connectivity index (χ1n) is 15.4. The third-order valence-electron chi connectivity index (χ3n) is 12.1. The zero-order chi connectivity index (χ0) is 27.2. The second-order valence-electron chi connectivity index (χ2n) is 14.7. The van der Waals surface area contributed by atoms with E-state index in [1.165, 1.54) is 39.0 Å². The molecule has 0 heterocycles.